The third kappa shape index (κ3) is 2.17. The summed E-state index contributed by atoms with van der Waals surface area (Å²) in [7, 11) is 0.0211. The van der Waals surface area contributed by atoms with Crippen LogP contribution in [0.3, 0.4) is 0 Å². The number of rotatable bonds is 3. The first-order valence-corrected chi connectivity index (χ1v) is 4.03. The van der Waals surface area contributed by atoms with Gasteiger partial charge in [-0.15, -0.1) is 0 Å². The van der Waals surface area contributed by atoms with Gasteiger partial charge in [-0.05, 0) is 0 Å². The van der Waals surface area contributed by atoms with Crippen molar-refractivity contribution in [2.75, 3.05) is 26.4 Å². The Balaban J connectivity index is 2.49. The number of hydrogen-bond donors (Lipinski definition) is 1. The van der Waals surface area contributed by atoms with Crippen molar-refractivity contribution >= 4 is 9.03 Å². The van der Waals surface area contributed by atoms with Crippen molar-refractivity contribution in [3.05, 3.63) is 4.91 Å². The van der Waals surface area contributed by atoms with E-state index in [0.717, 1.165) is 0 Å². The van der Waals surface area contributed by atoms with Crippen molar-refractivity contribution in [2.24, 2.45) is 10.6 Å². The van der Waals surface area contributed by atoms with Gasteiger partial charge in [-0.1, -0.05) is 5.18 Å². The van der Waals surface area contributed by atoms with Crippen LogP contribution in [-0.2, 0) is 9.05 Å². The molecule has 1 rings (SSSR count). The van der Waals surface area contributed by atoms with E-state index in [1.807, 2.05) is 0 Å². The lowest BCUT2D eigenvalue weighted by molar-refractivity contribution is 0.00436. The molecule has 11 heavy (non-hydrogen) atoms. The van der Waals surface area contributed by atoms with Gasteiger partial charge in [0.15, 0.2) is 9.03 Å². The van der Waals surface area contributed by atoms with E-state index in [1.54, 1.807) is 0 Å². The Morgan fingerprint density at radius 3 is 2.64 bits per heavy atom. The van der Waals surface area contributed by atoms with Gasteiger partial charge in [0.1, 0.15) is 0 Å². The maximum absolute atomic E-state index is 9.97. The molecule has 0 atom stereocenters. The number of nitrogens with zero attached hydrogens (tertiary/aromatic N) is 1. The van der Waals surface area contributed by atoms with Crippen LogP contribution in [0.2, 0.25) is 0 Å². The highest BCUT2D eigenvalue weighted by atomic mass is 31.1. The summed E-state index contributed by atoms with van der Waals surface area (Å²) in [5.41, 5.74) is -0.590. The van der Waals surface area contributed by atoms with E-state index in [2.05, 4.69) is 5.18 Å². The second kappa shape index (κ2) is 4.07. The van der Waals surface area contributed by atoms with Crippen molar-refractivity contribution < 1.29 is 14.2 Å². The number of nitroso groups, excluding NO2 is 1. The highest BCUT2D eigenvalue weighted by Crippen LogP contribution is 2.31. The molecule has 1 aliphatic heterocycles. The normalized spacial score (nSPS) is 33.9. The van der Waals surface area contributed by atoms with Gasteiger partial charge < -0.3 is 14.2 Å². The maximum atomic E-state index is 9.97. The zero-order valence-corrected chi connectivity index (χ0v) is 6.95. The van der Waals surface area contributed by atoms with Gasteiger partial charge >= 0.3 is 0 Å². The molecule has 64 valence electrons. The average molecular weight is 179 g/mol. The van der Waals surface area contributed by atoms with Crippen LogP contribution < -0.4 is 0 Å². The molecule has 0 amide bonds. The quantitative estimate of drug-likeness (QED) is 0.499. The number of aliphatic hydroxyl groups excluding tert-OH is 1. The van der Waals surface area contributed by atoms with E-state index in [1.165, 1.54) is 0 Å². The minimum Gasteiger partial charge on any atom is -0.396 e. The molecule has 0 aliphatic carbocycles. The Hall–Kier alpha value is -0.0900. The molecule has 0 aromatic heterocycles. The third-order valence-electron chi connectivity index (χ3n) is 1.61. The molecule has 1 N–H and O–H groups in total. The molecule has 5 nitrogen and oxygen atoms in total. The smallest absolute Gasteiger partial charge is 0.155 e. The summed E-state index contributed by atoms with van der Waals surface area (Å²) in [5, 5.41) is 11.7. The molecular formula is C5H10NO4P. The molecule has 1 fully saturated rings. The molecule has 1 aliphatic rings. The Morgan fingerprint density at radius 1 is 1.55 bits per heavy atom. The van der Waals surface area contributed by atoms with Crippen molar-refractivity contribution in [3.63, 3.8) is 0 Å². The van der Waals surface area contributed by atoms with Gasteiger partial charge in [0.2, 0.25) is 0 Å². The van der Waals surface area contributed by atoms with Crippen LogP contribution >= 0.6 is 9.03 Å². The second-order valence-electron chi connectivity index (χ2n) is 2.61. The predicted octanol–water partition coefficient (Wildman–Crippen LogP) is 0.287. The van der Waals surface area contributed by atoms with E-state index in [0.29, 0.717) is 13.2 Å². The minimum absolute atomic E-state index is 0.0211. The molecule has 0 bridgehead atoms. The van der Waals surface area contributed by atoms with Gasteiger partial charge in [0.05, 0.1) is 31.8 Å². The summed E-state index contributed by atoms with van der Waals surface area (Å²) >= 11 is 0. The zero-order chi connectivity index (χ0) is 8.16. The first-order valence-electron chi connectivity index (χ1n) is 3.21. The summed E-state index contributed by atoms with van der Waals surface area (Å²) in [4.78, 5) is 9.97. The molecule has 0 aromatic carbocycles. The van der Waals surface area contributed by atoms with Crippen LogP contribution in [0.5, 0.6) is 0 Å². The minimum atomic E-state index is -0.590. The van der Waals surface area contributed by atoms with Crippen molar-refractivity contribution in [2.45, 2.75) is 0 Å². The molecule has 0 saturated carbocycles. The standard InChI is InChI=1S/C5H10NO4P/c7-2-5(1-6-8)3-9-11-10-4-5/h7,11H,1-4H2. The summed E-state index contributed by atoms with van der Waals surface area (Å²) < 4.78 is 9.95. The van der Waals surface area contributed by atoms with Gasteiger partial charge in [0, 0.05) is 0 Å². The van der Waals surface area contributed by atoms with E-state index < -0.39 is 5.41 Å². The van der Waals surface area contributed by atoms with Crippen LogP contribution in [0.15, 0.2) is 5.18 Å². The SMILES string of the molecule is O=NCC1(CO)COPOC1. The Kier molecular flexibility index (Phi) is 3.33. The fourth-order valence-electron chi connectivity index (χ4n) is 0.818. The van der Waals surface area contributed by atoms with Crippen LogP contribution in [0.25, 0.3) is 0 Å². The van der Waals surface area contributed by atoms with E-state index in [9.17, 15) is 4.91 Å². The Morgan fingerprint density at radius 2 is 2.18 bits per heavy atom. The number of hydrogen-bond acceptors (Lipinski definition) is 5. The van der Waals surface area contributed by atoms with Crippen LogP contribution in [0.1, 0.15) is 0 Å². The van der Waals surface area contributed by atoms with Crippen LogP contribution in [0, 0.1) is 10.3 Å². The Labute approximate surface area is 66.0 Å². The van der Waals surface area contributed by atoms with Gasteiger partial charge in [-0.3, -0.25) is 0 Å². The topological polar surface area (TPSA) is 68.1 Å². The largest absolute Gasteiger partial charge is 0.396 e. The van der Waals surface area contributed by atoms with Crippen molar-refractivity contribution in [1.29, 1.82) is 0 Å². The highest BCUT2D eigenvalue weighted by Gasteiger charge is 2.34. The summed E-state index contributed by atoms with van der Waals surface area (Å²) in [6, 6.07) is 0. The average Bonchev–Trinajstić information content (AvgIpc) is 2.07. The first-order chi connectivity index (χ1) is 5.33. The third-order valence-corrected chi connectivity index (χ3v) is 2.13. The monoisotopic (exact) mass is 179 g/mol. The molecule has 1 saturated heterocycles. The fourth-order valence-corrected chi connectivity index (χ4v) is 1.63. The Bertz CT molecular complexity index is 136. The summed E-state index contributed by atoms with van der Waals surface area (Å²) in [6.07, 6.45) is 0. The van der Waals surface area contributed by atoms with Gasteiger partial charge in [0.25, 0.3) is 0 Å². The zero-order valence-electron chi connectivity index (χ0n) is 5.95. The lowest BCUT2D eigenvalue weighted by Crippen LogP contribution is -2.39. The van der Waals surface area contributed by atoms with Crippen molar-refractivity contribution in [1.82, 2.24) is 0 Å². The first kappa shape index (κ1) is 9.00. The maximum Gasteiger partial charge on any atom is 0.155 e. The van der Waals surface area contributed by atoms with Gasteiger partial charge in [-0.2, -0.15) is 4.91 Å². The lowest BCUT2D eigenvalue weighted by atomic mass is 9.92. The fraction of sp³-hybridized carbons (Fsp3) is 1.00. The molecule has 0 aromatic rings. The molecule has 6 heteroatoms. The molecule has 0 radical (unpaired) electrons. The summed E-state index contributed by atoms with van der Waals surface area (Å²) in [5.74, 6) is 0. The predicted molar refractivity (Wildman–Crippen MR) is 40.4 cm³/mol. The van der Waals surface area contributed by atoms with E-state index >= 15 is 0 Å². The second-order valence-corrected chi connectivity index (χ2v) is 3.35. The molecule has 1 heterocycles. The number of aliphatic hydroxyl groups is 1. The molecular weight excluding hydrogens is 169 g/mol. The van der Waals surface area contributed by atoms with Crippen LogP contribution in [-0.4, -0.2) is 31.5 Å². The van der Waals surface area contributed by atoms with E-state index in [-0.39, 0.29) is 22.2 Å². The summed E-state index contributed by atoms with van der Waals surface area (Å²) in [6.45, 7) is 0.637. The molecule has 0 spiro atoms. The molecule has 0 unspecified atom stereocenters. The van der Waals surface area contributed by atoms with Crippen molar-refractivity contribution in [3.8, 4) is 0 Å². The highest BCUT2D eigenvalue weighted by molar-refractivity contribution is 7.26. The van der Waals surface area contributed by atoms with Crippen LogP contribution in [0.4, 0.5) is 0 Å². The van der Waals surface area contributed by atoms with Gasteiger partial charge in [-0.25, -0.2) is 0 Å². The van der Waals surface area contributed by atoms with E-state index in [4.69, 9.17) is 14.2 Å². The lowest BCUT2D eigenvalue weighted by Gasteiger charge is -2.31.